The molecule has 0 fully saturated rings. The molecule has 0 aromatic heterocycles. The molecule has 0 amide bonds. The number of hydrogen-bond acceptors (Lipinski definition) is 4. The Labute approximate surface area is 82.9 Å². The lowest BCUT2D eigenvalue weighted by molar-refractivity contribution is 0.308. The Hall–Kier alpha value is -1.42. The van der Waals surface area contributed by atoms with Gasteiger partial charge in [0.05, 0.1) is 6.61 Å². The van der Waals surface area contributed by atoms with E-state index in [4.69, 9.17) is 10.5 Å². The van der Waals surface area contributed by atoms with Crippen LogP contribution in [0.15, 0.2) is 12.1 Å². The van der Waals surface area contributed by atoms with Crippen molar-refractivity contribution in [2.24, 2.45) is 5.73 Å². The van der Waals surface area contributed by atoms with Gasteiger partial charge >= 0.3 is 0 Å². The number of hydrogen-bond donors (Lipinski definition) is 3. The van der Waals surface area contributed by atoms with Gasteiger partial charge in [-0.3, -0.25) is 0 Å². The van der Waals surface area contributed by atoms with E-state index in [0.29, 0.717) is 6.61 Å². The maximum absolute atomic E-state index is 9.42. The zero-order valence-corrected chi connectivity index (χ0v) is 8.32. The van der Waals surface area contributed by atoms with Crippen molar-refractivity contribution in [3.05, 3.63) is 17.7 Å². The number of phenols is 2. The average Bonchev–Trinajstić information content (AvgIpc) is 2.12. The van der Waals surface area contributed by atoms with Crippen LogP contribution in [0.5, 0.6) is 17.2 Å². The van der Waals surface area contributed by atoms with Gasteiger partial charge in [-0.05, 0) is 31.5 Å². The molecule has 0 spiro atoms. The molecule has 0 radical (unpaired) electrons. The predicted molar refractivity (Wildman–Crippen MR) is 53.5 cm³/mol. The minimum atomic E-state index is -0.240. The fourth-order valence-corrected chi connectivity index (χ4v) is 1.14. The molecule has 0 aliphatic heterocycles. The molecule has 4 nitrogen and oxygen atoms in total. The van der Waals surface area contributed by atoms with E-state index in [-0.39, 0.29) is 23.3 Å². The summed E-state index contributed by atoms with van der Waals surface area (Å²) in [5, 5.41) is 18.8. The summed E-state index contributed by atoms with van der Waals surface area (Å²) in [6, 6.07) is 2.85. The smallest absolute Gasteiger partial charge is 0.200 e. The molecular formula is C10H15NO3. The molecule has 1 aromatic rings. The van der Waals surface area contributed by atoms with Crippen LogP contribution in [0, 0.1) is 0 Å². The van der Waals surface area contributed by atoms with Gasteiger partial charge in [0, 0.05) is 6.04 Å². The maximum atomic E-state index is 9.42. The molecule has 0 heterocycles. The number of ether oxygens (including phenoxy) is 1. The summed E-state index contributed by atoms with van der Waals surface area (Å²) in [6.07, 6.45) is 0. The summed E-state index contributed by atoms with van der Waals surface area (Å²) in [6.45, 7) is 4.02. The van der Waals surface area contributed by atoms with Gasteiger partial charge < -0.3 is 20.7 Å². The van der Waals surface area contributed by atoms with Gasteiger partial charge in [0.2, 0.25) is 5.75 Å². The lowest BCUT2D eigenvalue weighted by Gasteiger charge is -2.11. The molecule has 4 heteroatoms. The Balaban J connectivity index is 3.14. The van der Waals surface area contributed by atoms with Crippen LogP contribution in [0.1, 0.15) is 25.5 Å². The zero-order chi connectivity index (χ0) is 10.7. The lowest BCUT2D eigenvalue weighted by Crippen LogP contribution is -2.05. The Kier molecular flexibility index (Phi) is 3.19. The Morgan fingerprint density at radius 1 is 1.43 bits per heavy atom. The van der Waals surface area contributed by atoms with Gasteiger partial charge in [-0.25, -0.2) is 0 Å². The van der Waals surface area contributed by atoms with Gasteiger partial charge in [0.15, 0.2) is 11.5 Å². The summed E-state index contributed by atoms with van der Waals surface area (Å²) >= 11 is 0. The van der Waals surface area contributed by atoms with Crippen LogP contribution in [0.3, 0.4) is 0 Å². The fraction of sp³-hybridized carbons (Fsp3) is 0.400. The number of nitrogens with two attached hydrogens (primary N) is 1. The molecule has 1 atom stereocenters. The number of benzene rings is 1. The molecule has 14 heavy (non-hydrogen) atoms. The van der Waals surface area contributed by atoms with Gasteiger partial charge in [0.25, 0.3) is 0 Å². The second kappa shape index (κ2) is 4.19. The normalized spacial score (nSPS) is 12.5. The van der Waals surface area contributed by atoms with Crippen molar-refractivity contribution in [3.63, 3.8) is 0 Å². The second-order valence-electron chi connectivity index (χ2n) is 3.11. The molecule has 0 saturated heterocycles. The fourth-order valence-electron chi connectivity index (χ4n) is 1.14. The van der Waals surface area contributed by atoms with E-state index in [1.54, 1.807) is 19.9 Å². The van der Waals surface area contributed by atoms with Crippen LogP contribution in [0.2, 0.25) is 0 Å². The van der Waals surface area contributed by atoms with Crippen LogP contribution < -0.4 is 10.5 Å². The first-order valence-electron chi connectivity index (χ1n) is 4.50. The topological polar surface area (TPSA) is 75.7 Å². The molecule has 1 rings (SSSR count). The quantitative estimate of drug-likeness (QED) is 0.642. The zero-order valence-electron chi connectivity index (χ0n) is 8.32. The Morgan fingerprint density at radius 3 is 2.57 bits per heavy atom. The van der Waals surface area contributed by atoms with E-state index < -0.39 is 0 Å². The highest BCUT2D eigenvalue weighted by Crippen LogP contribution is 2.37. The molecule has 0 aliphatic rings. The summed E-state index contributed by atoms with van der Waals surface area (Å²) < 4.78 is 5.14. The van der Waals surface area contributed by atoms with Crippen molar-refractivity contribution in [1.29, 1.82) is 0 Å². The van der Waals surface area contributed by atoms with Crippen LogP contribution in [-0.2, 0) is 0 Å². The predicted octanol–water partition coefficient (Wildman–Crippen LogP) is 1.52. The molecule has 4 N–H and O–H groups in total. The highest BCUT2D eigenvalue weighted by Gasteiger charge is 2.11. The van der Waals surface area contributed by atoms with Gasteiger partial charge in [-0.1, -0.05) is 0 Å². The first-order chi connectivity index (χ1) is 6.56. The van der Waals surface area contributed by atoms with Crippen LogP contribution in [0.4, 0.5) is 0 Å². The molecule has 0 saturated carbocycles. The van der Waals surface area contributed by atoms with E-state index in [0.717, 1.165) is 5.56 Å². The summed E-state index contributed by atoms with van der Waals surface area (Å²) in [7, 11) is 0. The largest absolute Gasteiger partial charge is 0.504 e. The van der Waals surface area contributed by atoms with E-state index in [1.807, 2.05) is 0 Å². The number of rotatable bonds is 3. The van der Waals surface area contributed by atoms with E-state index in [9.17, 15) is 10.2 Å². The van der Waals surface area contributed by atoms with E-state index >= 15 is 0 Å². The average molecular weight is 197 g/mol. The van der Waals surface area contributed by atoms with Crippen LogP contribution in [0.25, 0.3) is 0 Å². The standard InChI is InChI=1S/C10H15NO3/c1-3-14-9-5-7(6(2)11)4-8(12)10(9)13/h4-6,12-13H,3,11H2,1-2H3/t6-/m1/s1. The van der Waals surface area contributed by atoms with Crippen molar-refractivity contribution in [2.75, 3.05) is 6.61 Å². The van der Waals surface area contributed by atoms with Crippen molar-refractivity contribution in [1.82, 2.24) is 0 Å². The monoisotopic (exact) mass is 197 g/mol. The highest BCUT2D eigenvalue weighted by molar-refractivity contribution is 5.52. The van der Waals surface area contributed by atoms with Crippen molar-refractivity contribution in [2.45, 2.75) is 19.9 Å². The SMILES string of the molecule is CCOc1cc([C@@H](C)N)cc(O)c1O. The van der Waals surface area contributed by atoms with E-state index in [2.05, 4.69) is 0 Å². The second-order valence-corrected chi connectivity index (χ2v) is 3.11. The molecule has 0 aliphatic carbocycles. The molecule has 0 bridgehead atoms. The van der Waals surface area contributed by atoms with Crippen LogP contribution >= 0.6 is 0 Å². The summed E-state index contributed by atoms with van der Waals surface area (Å²) in [5.41, 5.74) is 6.38. The minimum absolute atomic E-state index is 0.205. The third-order valence-electron chi connectivity index (χ3n) is 1.90. The van der Waals surface area contributed by atoms with Crippen LogP contribution in [-0.4, -0.2) is 16.8 Å². The van der Waals surface area contributed by atoms with Crippen molar-refractivity contribution in [3.8, 4) is 17.2 Å². The number of phenolic OH excluding ortho intramolecular Hbond substituents is 2. The van der Waals surface area contributed by atoms with Crippen molar-refractivity contribution >= 4 is 0 Å². The van der Waals surface area contributed by atoms with Gasteiger partial charge in [0.1, 0.15) is 0 Å². The number of aromatic hydroxyl groups is 2. The van der Waals surface area contributed by atoms with Gasteiger partial charge in [-0.15, -0.1) is 0 Å². The van der Waals surface area contributed by atoms with Gasteiger partial charge in [-0.2, -0.15) is 0 Å². The third kappa shape index (κ3) is 2.09. The lowest BCUT2D eigenvalue weighted by atomic mass is 10.1. The molecule has 1 aromatic carbocycles. The molecular weight excluding hydrogens is 182 g/mol. The van der Waals surface area contributed by atoms with E-state index in [1.165, 1.54) is 6.07 Å². The first-order valence-corrected chi connectivity index (χ1v) is 4.50. The Morgan fingerprint density at radius 2 is 2.07 bits per heavy atom. The molecule has 78 valence electrons. The molecule has 0 unspecified atom stereocenters. The summed E-state index contributed by atoms with van der Waals surface area (Å²) in [5.74, 6) is -0.181. The first kappa shape index (κ1) is 10.7. The summed E-state index contributed by atoms with van der Waals surface area (Å²) in [4.78, 5) is 0. The highest BCUT2D eigenvalue weighted by atomic mass is 16.5. The third-order valence-corrected chi connectivity index (χ3v) is 1.90. The Bertz CT molecular complexity index is 323. The maximum Gasteiger partial charge on any atom is 0.200 e. The van der Waals surface area contributed by atoms with Crippen molar-refractivity contribution < 1.29 is 14.9 Å². The minimum Gasteiger partial charge on any atom is -0.504 e.